The second kappa shape index (κ2) is 6.14. The highest BCUT2D eigenvalue weighted by atomic mass is 16.5. The van der Waals surface area contributed by atoms with Gasteiger partial charge in [-0.05, 0) is 25.7 Å². The molecule has 1 aliphatic carbocycles. The van der Waals surface area contributed by atoms with Gasteiger partial charge < -0.3 is 14.4 Å². The van der Waals surface area contributed by atoms with Gasteiger partial charge in [0.15, 0.2) is 5.82 Å². The smallest absolute Gasteiger partial charge is 0.306 e. The first kappa shape index (κ1) is 14.0. The van der Waals surface area contributed by atoms with Crippen LogP contribution in [0.1, 0.15) is 57.2 Å². The number of carboxylic acids is 1. The molecule has 0 amide bonds. The van der Waals surface area contributed by atoms with E-state index in [1.807, 2.05) is 13.8 Å². The van der Waals surface area contributed by atoms with Gasteiger partial charge in [0.05, 0.1) is 12.0 Å². The molecule has 0 spiro atoms. The van der Waals surface area contributed by atoms with Crippen LogP contribution in [0.5, 0.6) is 0 Å². The van der Waals surface area contributed by atoms with E-state index in [1.165, 1.54) is 0 Å². The molecule has 2 rings (SSSR count). The Kier molecular flexibility index (Phi) is 4.52. The van der Waals surface area contributed by atoms with Crippen molar-refractivity contribution in [2.24, 2.45) is 5.92 Å². The zero-order valence-electron chi connectivity index (χ0n) is 11.3. The molecule has 1 aromatic heterocycles. The second-order valence-corrected chi connectivity index (χ2v) is 5.32. The lowest BCUT2D eigenvalue weighted by atomic mass is 9.87. The SMILES string of the molecule is CC(C)c1noc(COC2CCC(C(=O)O)CC2)n1. The molecule has 0 unspecified atom stereocenters. The number of ether oxygens (including phenoxy) is 1. The van der Waals surface area contributed by atoms with Gasteiger partial charge in [-0.1, -0.05) is 19.0 Å². The molecule has 1 N–H and O–H groups in total. The lowest BCUT2D eigenvalue weighted by Gasteiger charge is -2.25. The lowest BCUT2D eigenvalue weighted by Crippen LogP contribution is -2.25. The predicted molar refractivity (Wildman–Crippen MR) is 66.6 cm³/mol. The molecular weight excluding hydrogens is 248 g/mol. The number of aliphatic carboxylic acids is 1. The average Bonchev–Trinajstić information content (AvgIpc) is 2.86. The van der Waals surface area contributed by atoms with E-state index in [2.05, 4.69) is 10.1 Å². The van der Waals surface area contributed by atoms with Crippen LogP contribution >= 0.6 is 0 Å². The van der Waals surface area contributed by atoms with Gasteiger partial charge in [0.2, 0.25) is 0 Å². The fourth-order valence-electron chi connectivity index (χ4n) is 2.23. The van der Waals surface area contributed by atoms with Crippen molar-refractivity contribution < 1.29 is 19.2 Å². The summed E-state index contributed by atoms with van der Waals surface area (Å²) in [4.78, 5) is 15.1. The highest BCUT2D eigenvalue weighted by molar-refractivity contribution is 5.70. The monoisotopic (exact) mass is 268 g/mol. The topological polar surface area (TPSA) is 85.5 Å². The molecule has 0 atom stereocenters. The number of nitrogens with zero attached hydrogens (tertiary/aromatic N) is 2. The van der Waals surface area contributed by atoms with Crippen molar-refractivity contribution in [3.05, 3.63) is 11.7 Å². The second-order valence-electron chi connectivity index (χ2n) is 5.32. The summed E-state index contributed by atoms with van der Waals surface area (Å²) in [6.45, 7) is 4.31. The molecule has 6 heteroatoms. The van der Waals surface area contributed by atoms with Gasteiger partial charge in [-0.15, -0.1) is 0 Å². The molecule has 1 heterocycles. The van der Waals surface area contributed by atoms with E-state index in [0.717, 1.165) is 12.8 Å². The summed E-state index contributed by atoms with van der Waals surface area (Å²) < 4.78 is 10.8. The zero-order valence-corrected chi connectivity index (χ0v) is 11.3. The van der Waals surface area contributed by atoms with Crippen LogP contribution < -0.4 is 0 Å². The van der Waals surface area contributed by atoms with Crippen LogP contribution in [0.2, 0.25) is 0 Å². The first-order valence-corrected chi connectivity index (χ1v) is 6.73. The number of hydrogen-bond acceptors (Lipinski definition) is 5. The predicted octanol–water partition coefficient (Wildman–Crippen LogP) is 2.35. The maximum atomic E-state index is 10.8. The van der Waals surface area contributed by atoms with E-state index in [0.29, 0.717) is 31.2 Å². The third kappa shape index (κ3) is 3.76. The number of aromatic nitrogens is 2. The molecule has 106 valence electrons. The summed E-state index contributed by atoms with van der Waals surface area (Å²) in [6, 6.07) is 0. The molecule has 1 fully saturated rings. The van der Waals surface area contributed by atoms with E-state index >= 15 is 0 Å². The Labute approximate surface area is 112 Å². The third-order valence-corrected chi connectivity index (χ3v) is 3.47. The van der Waals surface area contributed by atoms with Gasteiger partial charge in [-0.2, -0.15) is 4.98 Å². The Bertz CT molecular complexity index is 422. The van der Waals surface area contributed by atoms with E-state index in [-0.39, 0.29) is 17.9 Å². The average molecular weight is 268 g/mol. The summed E-state index contributed by atoms with van der Waals surface area (Å²) in [6.07, 6.45) is 3.02. The van der Waals surface area contributed by atoms with Crippen molar-refractivity contribution in [3.8, 4) is 0 Å². The molecule has 1 saturated carbocycles. The fourth-order valence-corrected chi connectivity index (χ4v) is 2.23. The molecule has 0 aromatic carbocycles. The van der Waals surface area contributed by atoms with Crippen LogP contribution in [0.3, 0.4) is 0 Å². The van der Waals surface area contributed by atoms with Crippen molar-refractivity contribution >= 4 is 5.97 Å². The Morgan fingerprint density at radius 2 is 2.11 bits per heavy atom. The van der Waals surface area contributed by atoms with Gasteiger partial charge in [0, 0.05) is 5.92 Å². The van der Waals surface area contributed by atoms with Crippen LogP contribution in [0.15, 0.2) is 4.52 Å². The van der Waals surface area contributed by atoms with E-state index in [9.17, 15) is 4.79 Å². The van der Waals surface area contributed by atoms with Crippen molar-refractivity contribution in [2.75, 3.05) is 0 Å². The Balaban J connectivity index is 1.75. The Morgan fingerprint density at radius 3 is 2.63 bits per heavy atom. The Morgan fingerprint density at radius 1 is 1.42 bits per heavy atom. The number of rotatable bonds is 5. The highest BCUT2D eigenvalue weighted by Gasteiger charge is 2.26. The molecule has 0 radical (unpaired) electrons. The molecular formula is C13H20N2O4. The third-order valence-electron chi connectivity index (χ3n) is 3.47. The summed E-state index contributed by atoms with van der Waals surface area (Å²) in [7, 11) is 0. The standard InChI is InChI=1S/C13H20N2O4/c1-8(2)12-14-11(19-15-12)7-18-10-5-3-9(4-6-10)13(16)17/h8-10H,3-7H2,1-2H3,(H,16,17). The maximum Gasteiger partial charge on any atom is 0.306 e. The summed E-state index contributed by atoms with van der Waals surface area (Å²) in [5.41, 5.74) is 0. The van der Waals surface area contributed by atoms with E-state index < -0.39 is 5.97 Å². The molecule has 1 aromatic rings. The minimum Gasteiger partial charge on any atom is -0.481 e. The first-order chi connectivity index (χ1) is 9.06. The molecule has 0 bridgehead atoms. The van der Waals surface area contributed by atoms with Crippen LogP contribution in [-0.4, -0.2) is 27.3 Å². The lowest BCUT2D eigenvalue weighted by molar-refractivity contribution is -0.144. The van der Waals surface area contributed by atoms with Crippen molar-refractivity contribution in [1.82, 2.24) is 10.1 Å². The minimum absolute atomic E-state index is 0.102. The van der Waals surface area contributed by atoms with E-state index in [1.54, 1.807) is 0 Å². The van der Waals surface area contributed by atoms with Gasteiger partial charge in [0.25, 0.3) is 5.89 Å². The van der Waals surface area contributed by atoms with Crippen molar-refractivity contribution in [2.45, 2.75) is 58.2 Å². The van der Waals surface area contributed by atoms with Gasteiger partial charge in [-0.3, -0.25) is 4.79 Å². The van der Waals surface area contributed by atoms with Crippen LogP contribution in [0, 0.1) is 5.92 Å². The quantitative estimate of drug-likeness (QED) is 0.882. The first-order valence-electron chi connectivity index (χ1n) is 6.73. The van der Waals surface area contributed by atoms with Gasteiger partial charge in [-0.25, -0.2) is 0 Å². The summed E-state index contributed by atoms with van der Waals surface area (Å²) in [5, 5.41) is 12.8. The van der Waals surface area contributed by atoms with Gasteiger partial charge in [0.1, 0.15) is 6.61 Å². The zero-order chi connectivity index (χ0) is 13.8. The largest absolute Gasteiger partial charge is 0.481 e. The Hall–Kier alpha value is -1.43. The van der Waals surface area contributed by atoms with Crippen molar-refractivity contribution in [3.63, 3.8) is 0 Å². The molecule has 6 nitrogen and oxygen atoms in total. The fraction of sp³-hybridized carbons (Fsp3) is 0.769. The molecule has 0 saturated heterocycles. The molecule has 19 heavy (non-hydrogen) atoms. The van der Waals surface area contributed by atoms with Crippen molar-refractivity contribution in [1.29, 1.82) is 0 Å². The maximum absolute atomic E-state index is 10.8. The number of carbonyl (C=O) groups is 1. The van der Waals surface area contributed by atoms with E-state index in [4.69, 9.17) is 14.4 Å². The summed E-state index contributed by atoms with van der Waals surface area (Å²) in [5.74, 6) is 0.508. The number of hydrogen-bond donors (Lipinski definition) is 1. The normalized spacial score (nSPS) is 23.7. The van der Waals surface area contributed by atoms with Crippen LogP contribution in [0.25, 0.3) is 0 Å². The highest BCUT2D eigenvalue weighted by Crippen LogP contribution is 2.26. The number of carboxylic acid groups (broad SMARTS) is 1. The van der Waals surface area contributed by atoms with Gasteiger partial charge >= 0.3 is 5.97 Å². The van der Waals surface area contributed by atoms with Crippen LogP contribution in [0.4, 0.5) is 0 Å². The molecule has 0 aliphatic heterocycles. The summed E-state index contributed by atoms with van der Waals surface area (Å²) >= 11 is 0. The van der Waals surface area contributed by atoms with Crippen LogP contribution in [-0.2, 0) is 16.1 Å². The minimum atomic E-state index is -0.697. The molecule has 1 aliphatic rings.